The predicted molar refractivity (Wildman–Crippen MR) is 118 cm³/mol. The van der Waals surface area contributed by atoms with Gasteiger partial charge in [0.15, 0.2) is 0 Å². The highest BCUT2D eigenvalue weighted by Crippen LogP contribution is 2.35. The number of imide groups is 1. The van der Waals surface area contributed by atoms with Gasteiger partial charge in [-0.3, -0.25) is 19.7 Å². The van der Waals surface area contributed by atoms with Gasteiger partial charge in [-0.1, -0.05) is 25.1 Å². The van der Waals surface area contributed by atoms with Gasteiger partial charge in [-0.15, -0.1) is 0 Å². The fourth-order valence-corrected chi connectivity index (χ4v) is 4.64. The quantitative estimate of drug-likeness (QED) is 0.768. The van der Waals surface area contributed by atoms with E-state index in [1.807, 2.05) is 37.1 Å². The molecule has 0 aliphatic carbocycles. The van der Waals surface area contributed by atoms with Crippen LogP contribution in [0.1, 0.15) is 46.8 Å². The molecule has 2 saturated heterocycles. The van der Waals surface area contributed by atoms with Crippen LogP contribution in [0.25, 0.3) is 0 Å². The summed E-state index contributed by atoms with van der Waals surface area (Å²) in [5, 5.41) is 2.41. The normalized spacial score (nSPS) is 21.4. The third kappa shape index (κ3) is 3.80. The zero-order chi connectivity index (χ0) is 22.2. The van der Waals surface area contributed by atoms with Gasteiger partial charge in [0.25, 0.3) is 5.91 Å². The van der Waals surface area contributed by atoms with Gasteiger partial charge >= 0.3 is 0 Å². The summed E-state index contributed by atoms with van der Waals surface area (Å²) in [6.07, 6.45) is 2.57. The molecular weight excluding hydrogens is 392 g/mol. The number of nitrogens with zero attached hydrogens (tertiary/aromatic N) is 3. The van der Waals surface area contributed by atoms with Crippen molar-refractivity contribution in [2.75, 3.05) is 31.1 Å². The monoisotopic (exact) mass is 420 g/mol. The predicted octanol–water partition coefficient (Wildman–Crippen LogP) is 2.36. The Morgan fingerprint density at radius 3 is 2.32 bits per heavy atom. The Bertz CT molecular complexity index is 1030. The van der Waals surface area contributed by atoms with E-state index in [4.69, 9.17) is 0 Å². The minimum atomic E-state index is -0.830. The first-order valence-electron chi connectivity index (χ1n) is 10.8. The summed E-state index contributed by atoms with van der Waals surface area (Å²) in [5.41, 5.74) is 2.83. The van der Waals surface area contributed by atoms with Gasteiger partial charge in [-0.05, 0) is 49.1 Å². The summed E-state index contributed by atoms with van der Waals surface area (Å²) in [4.78, 5) is 45.8. The molecule has 4 rings (SSSR count). The van der Waals surface area contributed by atoms with E-state index in [0.717, 1.165) is 35.6 Å². The van der Waals surface area contributed by atoms with Crippen LogP contribution >= 0.6 is 0 Å². The van der Waals surface area contributed by atoms with Crippen molar-refractivity contribution in [1.29, 1.82) is 0 Å². The van der Waals surface area contributed by atoms with Crippen LogP contribution in [0.4, 0.5) is 5.82 Å². The van der Waals surface area contributed by atoms with E-state index < -0.39 is 5.41 Å². The van der Waals surface area contributed by atoms with Gasteiger partial charge in [-0.2, -0.15) is 0 Å². The smallest absolute Gasteiger partial charge is 0.253 e. The Morgan fingerprint density at radius 1 is 1.10 bits per heavy atom. The van der Waals surface area contributed by atoms with E-state index in [2.05, 4.69) is 28.2 Å². The molecule has 1 aromatic carbocycles. The van der Waals surface area contributed by atoms with Gasteiger partial charge in [0.2, 0.25) is 11.8 Å². The summed E-state index contributed by atoms with van der Waals surface area (Å²) in [7, 11) is 0. The second-order valence-corrected chi connectivity index (χ2v) is 8.50. The van der Waals surface area contributed by atoms with Crippen molar-refractivity contribution in [3.8, 4) is 0 Å². The van der Waals surface area contributed by atoms with E-state index >= 15 is 0 Å². The molecule has 7 heteroatoms. The maximum Gasteiger partial charge on any atom is 0.253 e. The van der Waals surface area contributed by atoms with Gasteiger partial charge in [0, 0.05) is 44.4 Å². The second-order valence-electron chi connectivity index (χ2n) is 8.50. The van der Waals surface area contributed by atoms with Gasteiger partial charge < -0.3 is 9.80 Å². The summed E-state index contributed by atoms with van der Waals surface area (Å²) in [5.74, 6) is 0.465. The van der Waals surface area contributed by atoms with Gasteiger partial charge in [-0.25, -0.2) is 4.98 Å². The average Bonchev–Trinajstić information content (AvgIpc) is 3.07. The fourth-order valence-electron chi connectivity index (χ4n) is 4.64. The Morgan fingerprint density at radius 2 is 1.77 bits per heavy atom. The van der Waals surface area contributed by atoms with Crippen LogP contribution in [0, 0.1) is 13.8 Å². The van der Waals surface area contributed by atoms with E-state index in [1.54, 1.807) is 12.1 Å². The van der Waals surface area contributed by atoms with Crippen molar-refractivity contribution < 1.29 is 14.4 Å². The van der Waals surface area contributed by atoms with Crippen molar-refractivity contribution in [2.24, 2.45) is 0 Å². The molecule has 3 heterocycles. The molecule has 1 atom stereocenters. The standard InChI is InChI=1S/C24H28N4O3/c1-4-24(14-20(29)26-23(24)31)19-7-5-18(6-8-19)22(30)28-11-9-27(10-12-28)21-17(3)13-16(2)15-25-21/h5-8,13,15H,4,9-12,14H2,1-3H3,(H,26,29,31)/t24-/m1/s1. The van der Waals surface area contributed by atoms with Crippen LogP contribution in [-0.2, 0) is 15.0 Å². The molecule has 3 amide bonds. The lowest BCUT2D eigenvalue weighted by Crippen LogP contribution is -2.49. The summed E-state index contributed by atoms with van der Waals surface area (Å²) >= 11 is 0. The average molecular weight is 421 g/mol. The third-order valence-electron chi connectivity index (χ3n) is 6.49. The van der Waals surface area contributed by atoms with Crippen LogP contribution < -0.4 is 10.2 Å². The molecule has 1 aromatic heterocycles. The summed E-state index contributed by atoms with van der Waals surface area (Å²) in [6.45, 7) is 8.74. The second kappa shape index (κ2) is 8.13. The van der Waals surface area contributed by atoms with Crippen molar-refractivity contribution in [3.63, 3.8) is 0 Å². The topological polar surface area (TPSA) is 82.6 Å². The Labute approximate surface area is 182 Å². The number of piperazine rings is 1. The molecule has 2 fully saturated rings. The fraction of sp³-hybridized carbons (Fsp3) is 0.417. The lowest BCUT2D eigenvalue weighted by atomic mass is 9.76. The van der Waals surface area contributed by atoms with Crippen molar-refractivity contribution in [2.45, 2.75) is 39.0 Å². The zero-order valence-corrected chi connectivity index (χ0v) is 18.3. The number of benzene rings is 1. The molecule has 2 aliphatic rings. The summed E-state index contributed by atoms with van der Waals surface area (Å²) < 4.78 is 0. The minimum absolute atomic E-state index is 0.0164. The number of hydrogen-bond acceptors (Lipinski definition) is 5. The third-order valence-corrected chi connectivity index (χ3v) is 6.49. The maximum absolute atomic E-state index is 13.0. The molecule has 7 nitrogen and oxygen atoms in total. The number of hydrogen-bond donors (Lipinski definition) is 1. The highest BCUT2D eigenvalue weighted by molar-refractivity contribution is 6.09. The van der Waals surface area contributed by atoms with Crippen molar-refractivity contribution >= 4 is 23.5 Å². The molecule has 0 bridgehead atoms. The summed E-state index contributed by atoms with van der Waals surface area (Å²) in [6, 6.07) is 9.28. The number of rotatable bonds is 4. The lowest BCUT2D eigenvalue weighted by molar-refractivity contribution is -0.126. The number of carbonyl (C=O) groups excluding carboxylic acids is 3. The SMILES string of the molecule is CC[C@]1(c2ccc(C(=O)N3CCN(c4ncc(C)cc4C)CC3)cc2)CC(=O)NC1=O. The number of aryl methyl sites for hydroxylation is 2. The largest absolute Gasteiger partial charge is 0.353 e. The molecule has 162 valence electrons. The first kappa shape index (κ1) is 21.0. The number of pyridine rings is 1. The number of anilines is 1. The number of nitrogens with one attached hydrogen (secondary N) is 1. The minimum Gasteiger partial charge on any atom is -0.353 e. The van der Waals surface area contributed by atoms with E-state index in [9.17, 15) is 14.4 Å². The van der Waals surface area contributed by atoms with Crippen LogP contribution in [0.2, 0.25) is 0 Å². The molecule has 2 aliphatic heterocycles. The van der Waals surface area contributed by atoms with Gasteiger partial charge in [0.1, 0.15) is 5.82 Å². The lowest BCUT2D eigenvalue weighted by Gasteiger charge is -2.36. The molecule has 1 N–H and O–H groups in total. The Hall–Kier alpha value is -3.22. The first-order chi connectivity index (χ1) is 14.8. The van der Waals surface area contributed by atoms with Crippen LogP contribution in [-0.4, -0.2) is 53.8 Å². The highest BCUT2D eigenvalue weighted by atomic mass is 16.2. The molecule has 0 saturated carbocycles. The molecule has 31 heavy (non-hydrogen) atoms. The van der Waals surface area contributed by atoms with Crippen LogP contribution in [0.3, 0.4) is 0 Å². The van der Waals surface area contributed by atoms with Gasteiger partial charge in [0.05, 0.1) is 5.41 Å². The molecule has 2 aromatic rings. The van der Waals surface area contributed by atoms with E-state index in [0.29, 0.717) is 25.1 Å². The number of carbonyl (C=O) groups is 3. The van der Waals surface area contributed by atoms with E-state index in [1.165, 1.54) is 0 Å². The molecule has 0 spiro atoms. The molecule has 0 unspecified atom stereocenters. The first-order valence-corrected chi connectivity index (χ1v) is 10.8. The Kier molecular flexibility index (Phi) is 5.52. The van der Waals surface area contributed by atoms with Crippen molar-refractivity contribution in [3.05, 3.63) is 58.8 Å². The molecular formula is C24H28N4O3. The van der Waals surface area contributed by atoms with E-state index in [-0.39, 0.29) is 24.1 Å². The van der Waals surface area contributed by atoms with Crippen molar-refractivity contribution in [1.82, 2.24) is 15.2 Å². The maximum atomic E-state index is 13.0. The number of amides is 3. The Balaban J connectivity index is 1.44. The van der Waals surface area contributed by atoms with Crippen LogP contribution in [0.15, 0.2) is 36.5 Å². The molecule has 0 radical (unpaired) electrons. The number of aromatic nitrogens is 1. The highest BCUT2D eigenvalue weighted by Gasteiger charge is 2.46. The van der Waals surface area contributed by atoms with Crippen LogP contribution in [0.5, 0.6) is 0 Å². The zero-order valence-electron chi connectivity index (χ0n) is 18.3.